The minimum atomic E-state index is -0.269. The number of hydrogen-bond acceptors (Lipinski definition) is 5. The summed E-state index contributed by atoms with van der Waals surface area (Å²) in [6, 6.07) is 19.4. The fourth-order valence-corrected chi connectivity index (χ4v) is 4.84. The second kappa shape index (κ2) is 8.41. The lowest BCUT2D eigenvalue weighted by molar-refractivity contribution is -0.0415. The molecule has 2 aliphatic rings. The van der Waals surface area contributed by atoms with Crippen LogP contribution in [0.2, 0.25) is 0 Å². The summed E-state index contributed by atoms with van der Waals surface area (Å²) in [5.74, 6) is 0.800. The van der Waals surface area contributed by atoms with Crippen molar-refractivity contribution < 1.29 is 19.4 Å². The molecule has 1 amide bonds. The molecule has 0 unspecified atom stereocenters. The third-order valence-corrected chi connectivity index (χ3v) is 6.79. The summed E-state index contributed by atoms with van der Waals surface area (Å²) >= 11 is 0. The molecule has 7 nitrogen and oxygen atoms in total. The number of ether oxygens (including phenoxy) is 2. The Bertz CT molecular complexity index is 1100. The molecule has 166 valence electrons. The van der Waals surface area contributed by atoms with Crippen LogP contribution in [0.4, 0.5) is 0 Å². The van der Waals surface area contributed by atoms with Gasteiger partial charge >= 0.3 is 0 Å². The number of aliphatic hydroxyl groups is 1. The Morgan fingerprint density at radius 2 is 2.00 bits per heavy atom. The molecule has 2 aliphatic heterocycles. The van der Waals surface area contributed by atoms with Crippen LogP contribution in [0, 0.1) is 11.3 Å². The lowest BCUT2D eigenvalue weighted by Gasteiger charge is -2.36. The Labute approximate surface area is 187 Å². The second-order valence-corrected chi connectivity index (χ2v) is 8.62. The number of nitrogens with zero attached hydrogens (tertiary/aromatic N) is 3. The number of benzene rings is 2. The van der Waals surface area contributed by atoms with Crippen LogP contribution in [0.3, 0.4) is 0 Å². The van der Waals surface area contributed by atoms with Gasteiger partial charge in [0.05, 0.1) is 31.7 Å². The van der Waals surface area contributed by atoms with Gasteiger partial charge in [-0.3, -0.25) is 4.79 Å². The SMILES string of the molecule is COc1ccc(-n2nc(C(=O)N3C[C@@H]4COCC[C@]4(CO)C3)cc2-c2ccccc2)cc1. The quantitative estimate of drug-likeness (QED) is 0.669. The van der Waals surface area contributed by atoms with Gasteiger partial charge in [-0.25, -0.2) is 4.68 Å². The van der Waals surface area contributed by atoms with E-state index in [1.165, 1.54) is 0 Å². The van der Waals surface area contributed by atoms with Gasteiger partial charge < -0.3 is 19.5 Å². The molecule has 5 rings (SSSR count). The van der Waals surface area contributed by atoms with E-state index in [1.54, 1.807) is 11.8 Å². The van der Waals surface area contributed by atoms with Gasteiger partial charge in [-0.05, 0) is 36.8 Å². The third kappa shape index (κ3) is 3.57. The van der Waals surface area contributed by atoms with Crippen LogP contribution in [0.25, 0.3) is 16.9 Å². The Balaban J connectivity index is 1.50. The molecule has 1 aromatic heterocycles. The number of rotatable bonds is 5. The number of fused-ring (bicyclic) bond motifs is 1. The summed E-state index contributed by atoms with van der Waals surface area (Å²) in [5, 5.41) is 14.8. The van der Waals surface area contributed by atoms with Crippen LogP contribution in [0.1, 0.15) is 16.9 Å². The lowest BCUT2D eigenvalue weighted by atomic mass is 9.75. The first kappa shape index (κ1) is 20.7. The number of hydrogen-bond donors (Lipinski definition) is 1. The minimum Gasteiger partial charge on any atom is -0.497 e. The molecule has 3 aromatic rings. The molecule has 1 N–H and O–H groups in total. The molecule has 2 fully saturated rings. The van der Waals surface area contributed by atoms with Crippen LogP contribution >= 0.6 is 0 Å². The summed E-state index contributed by atoms with van der Waals surface area (Å²) in [5.41, 5.74) is 2.79. The fourth-order valence-electron chi connectivity index (χ4n) is 4.84. The number of amides is 1. The van der Waals surface area contributed by atoms with E-state index in [9.17, 15) is 9.90 Å². The largest absolute Gasteiger partial charge is 0.497 e. The zero-order valence-electron chi connectivity index (χ0n) is 18.1. The number of aliphatic hydroxyl groups excluding tert-OH is 1. The highest BCUT2D eigenvalue weighted by atomic mass is 16.5. The van der Waals surface area contributed by atoms with E-state index < -0.39 is 0 Å². The number of likely N-dealkylation sites (tertiary alicyclic amines) is 1. The molecular formula is C25H27N3O4. The average Bonchev–Trinajstić information content (AvgIpc) is 3.47. The lowest BCUT2D eigenvalue weighted by Crippen LogP contribution is -2.41. The smallest absolute Gasteiger partial charge is 0.274 e. The van der Waals surface area contributed by atoms with Crippen LogP contribution in [-0.4, -0.2) is 65.7 Å². The summed E-state index contributed by atoms with van der Waals surface area (Å²) in [4.78, 5) is 15.3. The van der Waals surface area contributed by atoms with Gasteiger partial charge in [0.2, 0.25) is 0 Å². The molecule has 3 heterocycles. The monoisotopic (exact) mass is 433 g/mol. The van der Waals surface area contributed by atoms with Gasteiger partial charge in [0.15, 0.2) is 5.69 Å². The first-order valence-electron chi connectivity index (χ1n) is 10.9. The fraction of sp³-hybridized carbons (Fsp3) is 0.360. The molecule has 2 aromatic carbocycles. The van der Waals surface area contributed by atoms with Crippen LogP contribution in [0.5, 0.6) is 5.75 Å². The van der Waals surface area contributed by atoms with Crippen molar-refractivity contribution in [2.75, 3.05) is 40.0 Å². The molecule has 0 radical (unpaired) electrons. The van der Waals surface area contributed by atoms with Gasteiger partial charge in [-0.2, -0.15) is 5.10 Å². The van der Waals surface area contributed by atoms with E-state index in [0.717, 1.165) is 29.1 Å². The Morgan fingerprint density at radius 3 is 2.69 bits per heavy atom. The summed E-state index contributed by atoms with van der Waals surface area (Å²) in [6.07, 6.45) is 0.771. The predicted octanol–water partition coefficient (Wildman–Crippen LogP) is 3.02. The minimum absolute atomic E-state index is 0.0698. The number of aromatic nitrogens is 2. The highest BCUT2D eigenvalue weighted by Crippen LogP contribution is 2.42. The molecule has 0 bridgehead atoms. The van der Waals surface area contributed by atoms with Crippen molar-refractivity contribution >= 4 is 5.91 Å². The topological polar surface area (TPSA) is 76.8 Å². The van der Waals surface area contributed by atoms with Gasteiger partial charge in [0.1, 0.15) is 5.75 Å². The number of carbonyl (C=O) groups is 1. The number of carbonyl (C=O) groups excluding carboxylic acids is 1. The third-order valence-electron chi connectivity index (χ3n) is 6.79. The first-order chi connectivity index (χ1) is 15.6. The predicted molar refractivity (Wildman–Crippen MR) is 120 cm³/mol. The van der Waals surface area contributed by atoms with E-state index in [-0.39, 0.29) is 23.8 Å². The summed E-state index contributed by atoms with van der Waals surface area (Å²) in [7, 11) is 1.63. The maximum Gasteiger partial charge on any atom is 0.274 e. The van der Waals surface area contributed by atoms with Crippen molar-refractivity contribution in [1.82, 2.24) is 14.7 Å². The molecule has 7 heteroatoms. The summed E-state index contributed by atoms with van der Waals surface area (Å²) < 4.78 is 12.7. The van der Waals surface area contributed by atoms with Gasteiger partial charge in [0.25, 0.3) is 5.91 Å². The van der Waals surface area contributed by atoms with Crippen LogP contribution < -0.4 is 4.74 Å². The molecule has 0 spiro atoms. The van der Waals surface area contributed by atoms with Crippen LogP contribution in [-0.2, 0) is 4.74 Å². The molecule has 2 atom stereocenters. The van der Waals surface area contributed by atoms with E-state index in [0.29, 0.717) is 32.0 Å². The van der Waals surface area contributed by atoms with Crippen molar-refractivity contribution in [3.8, 4) is 22.7 Å². The van der Waals surface area contributed by atoms with E-state index in [1.807, 2.05) is 65.6 Å². The number of methoxy groups -OCH3 is 1. The summed E-state index contributed by atoms with van der Waals surface area (Å²) in [6.45, 7) is 2.39. The Hall–Kier alpha value is -3.16. The molecule has 0 saturated carbocycles. The van der Waals surface area contributed by atoms with Crippen molar-refractivity contribution in [2.45, 2.75) is 6.42 Å². The van der Waals surface area contributed by atoms with Crippen LogP contribution in [0.15, 0.2) is 60.7 Å². The standard InChI is InChI=1S/C25H27N3O4/c1-31-21-9-7-20(8-10-21)28-23(18-5-3-2-4-6-18)13-22(26-28)24(30)27-14-19-15-32-12-11-25(19,16-27)17-29/h2-10,13,19,29H,11-12,14-17H2,1H3/t19-,25-/m1/s1. The van der Waals surface area contributed by atoms with Crippen molar-refractivity contribution in [3.05, 3.63) is 66.4 Å². The molecular weight excluding hydrogens is 406 g/mol. The van der Waals surface area contributed by atoms with E-state index in [4.69, 9.17) is 14.6 Å². The maximum absolute atomic E-state index is 13.5. The Morgan fingerprint density at radius 1 is 1.22 bits per heavy atom. The maximum atomic E-state index is 13.5. The molecule has 0 aliphatic carbocycles. The van der Waals surface area contributed by atoms with Crippen molar-refractivity contribution in [3.63, 3.8) is 0 Å². The van der Waals surface area contributed by atoms with Crippen molar-refractivity contribution in [2.24, 2.45) is 11.3 Å². The Kier molecular flexibility index (Phi) is 5.45. The van der Waals surface area contributed by atoms with Gasteiger partial charge in [-0.15, -0.1) is 0 Å². The average molecular weight is 434 g/mol. The van der Waals surface area contributed by atoms with Gasteiger partial charge in [-0.1, -0.05) is 30.3 Å². The highest BCUT2D eigenvalue weighted by molar-refractivity contribution is 5.94. The zero-order chi connectivity index (χ0) is 22.1. The molecule has 2 saturated heterocycles. The first-order valence-corrected chi connectivity index (χ1v) is 10.9. The molecule has 32 heavy (non-hydrogen) atoms. The van der Waals surface area contributed by atoms with E-state index >= 15 is 0 Å². The van der Waals surface area contributed by atoms with Gasteiger partial charge in [0, 0.05) is 36.6 Å². The van der Waals surface area contributed by atoms with Crippen molar-refractivity contribution in [1.29, 1.82) is 0 Å². The zero-order valence-corrected chi connectivity index (χ0v) is 18.1. The normalized spacial score (nSPS) is 22.6. The van der Waals surface area contributed by atoms with E-state index in [2.05, 4.69) is 0 Å². The second-order valence-electron chi connectivity index (χ2n) is 8.62. The highest BCUT2D eigenvalue weighted by Gasteiger charge is 2.49.